The molecule has 0 spiro atoms. The van der Waals surface area contributed by atoms with Crippen LogP contribution in [0.4, 0.5) is 0 Å². The van der Waals surface area contributed by atoms with Gasteiger partial charge in [0.25, 0.3) is 5.91 Å². The molecule has 1 heterocycles. The number of hydrogen-bond donors (Lipinski definition) is 1. The van der Waals surface area contributed by atoms with Gasteiger partial charge in [0.2, 0.25) is 0 Å². The maximum atomic E-state index is 13.0. The van der Waals surface area contributed by atoms with E-state index in [1.807, 2.05) is 26.0 Å². The number of nitrogens with zero attached hydrogens (tertiary/aromatic N) is 1. The number of rotatable bonds is 10. The van der Waals surface area contributed by atoms with Gasteiger partial charge in [-0.3, -0.25) is 9.78 Å². The average molecular weight is 396 g/mol. The third kappa shape index (κ3) is 5.91. The Morgan fingerprint density at radius 3 is 2.55 bits per heavy atom. The Kier molecular flexibility index (Phi) is 8.40. The van der Waals surface area contributed by atoms with Crippen molar-refractivity contribution in [1.82, 2.24) is 10.3 Å². The Hall–Kier alpha value is -3.15. The van der Waals surface area contributed by atoms with Crippen molar-refractivity contribution in [1.29, 1.82) is 0 Å². The zero-order chi connectivity index (χ0) is 21.2. The predicted octanol–water partition coefficient (Wildman–Crippen LogP) is 3.96. The Balaban J connectivity index is 2.23. The Labute approximate surface area is 171 Å². The first-order chi connectivity index (χ1) is 14.0. The maximum absolute atomic E-state index is 13.0. The van der Waals surface area contributed by atoms with E-state index in [-0.39, 0.29) is 11.8 Å². The second-order valence-corrected chi connectivity index (χ2v) is 6.67. The van der Waals surface area contributed by atoms with Crippen LogP contribution in [0.2, 0.25) is 0 Å². The topological polar surface area (TPSA) is 77.5 Å². The smallest absolute Gasteiger partial charge is 0.334 e. The lowest BCUT2D eigenvalue weighted by Crippen LogP contribution is -2.47. The lowest BCUT2D eigenvalue weighted by atomic mass is 9.94. The number of allylic oxidation sites excluding steroid dienone is 1. The minimum absolute atomic E-state index is 0.0610. The van der Waals surface area contributed by atoms with Gasteiger partial charge < -0.3 is 14.8 Å². The number of esters is 1. The van der Waals surface area contributed by atoms with Crippen LogP contribution in [0.15, 0.2) is 55.4 Å². The third-order valence-corrected chi connectivity index (χ3v) is 4.80. The van der Waals surface area contributed by atoms with Crippen molar-refractivity contribution in [3.05, 3.63) is 66.5 Å². The first kappa shape index (κ1) is 22.1. The number of hydrogen-bond acceptors (Lipinski definition) is 5. The summed E-state index contributed by atoms with van der Waals surface area (Å²) in [5, 5.41) is 2.82. The van der Waals surface area contributed by atoms with Gasteiger partial charge >= 0.3 is 5.97 Å². The van der Waals surface area contributed by atoms with Crippen LogP contribution < -0.4 is 14.8 Å². The van der Waals surface area contributed by atoms with E-state index >= 15 is 0 Å². The number of ether oxygens (including phenoxy) is 2. The zero-order valence-corrected chi connectivity index (χ0v) is 17.2. The summed E-state index contributed by atoms with van der Waals surface area (Å²) in [6.45, 7) is 7.69. The Morgan fingerprint density at radius 2 is 1.97 bits per heavy atom. The molecule has 1 atom stereocenters. The van der Waals surface area contributed by atoms with Gasteiger partial charge in [-0.1, -0.05) is 38.8 Å². The van der Waals surface area contributed by atoms with Crippen LogP contribution >= 0.6 is 0 Å². The summed E-state index contributed by atoms with van der Waals surface area (Å²) < 4.78 is 11.0. The van der Waals surface area contributed by atoms with Crippen LogP contribution in [0.3, 0.4) is 0 Å². The molecule has 2 aromatic rings. The number of carbonyl (C=O) groups is 2. The van der Waals surface area contributed by atoms with E-state index in [4.69, 9.17) is 9.47 Å². The second-order valence-electron chi connectivity index (χ2n) is 6.67. The molecule has 1 unspecified atom stereocenters. The molecule has 1 aromatic carbocycles. The van der Waals surface area contributed by atoms with Gasteiger partial charge in [0.15, 0.2) is 11.5 Å². The molecule has 1 N–H and O–H groups in total. The highest BCUT2D eigenvalue weighted by molar-refractivity contribution is 5.96. The predicted molar refractivity (Wildman–Crippen MR) is 112 cm³/mol. The van der Waals surface area contributed by atoms with E-state index in [0.29, 0.717) is 23.5 Å². The summed E-state index contributed by atoms with van der Waals surface area (Å²) in [5.74, 6) is -0.170. The number of aromatic nitrogens is 1. The molecule has 29 heavy (non-hydrogen) atoms. The largest absolute Gasteiger partial charge is 0.493 e. The number of carbonyl (C=O) groups excluding carboxylic acids is 2. The van der Waals surface area contributed by atoms with E-state index in [0.717, 1.165) is 18.4 Å². The van der Waals surface area contributed by atoms with Crippen LogP contribution in [-0.4, -0.2) is 30.0 Å². The van der Waals surface area contributed by atoms with Crippen molar-refractivity contribution in [2.45, 2.75) is 39.2 Å². The number of methoxy groups -OCH3 is 1. The quantitative estimate of drug-likeness (QED) is 0.374. The van der Waals surface area contributed by atoms with E-state index in [1.54, 1.807) is 30.5 Å². The SMILES string of the molecule is C=CCc1ccc(OC(=O)C(NC(=O)c2cccnc2)C(CC)CC)c(OC)c1. The van der Waals surface area contributed by atoms with E-state index < -0.39 is 12.0 Å². The third-order valence-electron chi connectivity index (χ3n) is 4.80. The summed E-state index contributed by atoms with van der Waals surface area (Å²) in [7, 11) is 1.52. The van der Waals surface area contributed by atoms with Crippen LogP contribution in [0.1, 0.15) is 42.6 Å². The van der Waals surface area contributed by atoms with Gasteiger partial charge in [-0.15, -0.1) is 6.58 Å². The molecule has 0 aliphatic carbocycles. The van der Waals surface area contributed by atoms with Crippen LogP contribution in [-0.2, 0) is 11.2 Å². The van der Waals surface area contributed by atoms with Gasteiger partial charge in [-0.05, 0) is 42.2 Å². The molecule has 1 aromatic heterocycles. The normalized spacial score (nSPS) is 11.6. The van der Waals surface area contributed by atoms with Gasteiger partial charge in [0, 0.05) is 12.4 Å². The van der Waals surface area contributed by atoms with Crippen molar-refractivity contribution >= 4 is 11.9 Å². The molecular formula is C23H28N2O4. The summed E-state index contributed by atoms with van der Waals surface area (Å²) in [5.41, 5.74) is 1.39. The summed E-state index contributed by atoms with van der Waals surface area (Å²) in [6.07, 6.45) is 6.97. The summed E-state index contributed by atoms with van der Waals surface area (Å²) in [4.78, 5) is 29.5. The van der Waals surface area contributed by atoms with Crippen molar-refractivity contribution in [2.24, 2.45) is 5.92 Å². The fraction of sp³-hybridized carbons (Fsp3) is 0.348. The van der Waals surface area contributed by atoms with Crippen LogP contribution in [0, 0.1) is 5.92 Å². The summed E-state index contributed by atoms with van der Waals surface area (Å²) >= 11 is 0. The first-order valence-corrected chi connectivity index (χ1v) is 9.74. The number of nitrogens with one attached hydrogen (secondary N) is 1. The Bertz CT molecular complexity index is 832. The molecular weight excluding hydrogens is 368 g/mol. The molecule has 0 radical (unpaired) electrons. The molecule has 1 amide bonds. The minimum atomic E-state index is -0.782. The molecule has 0 aliphatic heterocycles. The van der Waals surface area contributed by atoms with Gasteiger partial charge in [0.1, 0.15) is 6.04 Å². The lowest BCUT2D eigenvalue weighted by molar-refractivity contribution is -0.138. The first-order valence-electron chi connectivity index (χ1n) is 9.74. The van der Waals surface area contributed by atoms with Crippen molar-refractivity contribution in [3.63, 3.8) is 0 Å². The van der Waals surface area contributed by atoms with E-state index in [2.05, 4.69) is 16.9 Å². The van der Waals surface area contributed by atoms with Crippen molar-refractivity contribution < 1.29 is 19.1 Å². The van der Waals surface area contributed by atoms with E-state index in [1.165, 1.54) is 13.3 Å². The fourth-order valence-corrected chi connectivity index (χ4v) is 3.11. The average Bonchev–Trinajstić information content (AvgIpc) is 2.75. The molecule has 0 fully saturated rings. The van der Waals surface area contributed by atoms with Gasteiger partial charge in [-0.25, -0.2) is 4.79 Å². The van der Waals surface area contributed by atoms with Gasteiger partial charge in [0.05, 0.1) is 12.7 Å². The number of pyridine rings is 1. The van der Waals surface area contributed by atoms with E-state index in [9.17, 15) is 9.59 Å². The fourth-order valence-electron chi connectivity index (χ4n) is 3.11. The monoisotopic (exact) mass is 396 g/mol. The Morgan fingerprint density at radius 1 is 1.21 bits per heavy atom. The standard InChI is InChI=1S/C23H28N2O4/c1-5-9-16-11-12-19(20(14-16)28-4)29-23(27)21(17(6-2)7-3)25-22(26)18-10-8-13-24-15-18/h5,8,10-15,17,21H,1,6-7,9H2,2-4H3,(H,25,26). The molecule has 6 nitrogen and oxygen atoms in total. The van der Waals surface area contributed by atoms with Crippen molar-refractivity contribution in [2.75, 3.05) is 7.11 Å². The number of amides is 1. The molecule has 0 saturated carbocycles. The summed E-state index contributed by atoms with van der Waals surface area (Å²) in [6, 6.07) is 7.91. The molecule has 2 rings (SSSR count). The highest BCUT2D eigenvalue weighted by Crippen LogP contribution is 2.29. The molecule has 6 heteroatoms. The van der Waals surface area contributed by atoms with Crippen LogP contribution in [0.25, 0.3) is 0 Å². The molecule has 0 bridgehead atoms. The zero-order valence-electron chi connectivity index (χ0n) is 17.2. The molecule has 0 aliphatic rings. The maximum Gasteiger partial charge on any atom is 0.334 e. The highest BCUT2D eigenvalue weighted by Gasteiger charge is 2.30. The lowest BCUT2D eigenvalue weighted by Gasteiger charge is -2.25. The van der Waals surface area contributed by atoms with Crippen molar-refractivity contribution in [3.8, 4) is 11.5 Å². The second kappa shape index (κ2) is 11.0. The minimum Gasteiger partial charge on any atom is -0.493 e. The highest BCUT2D eigenvalue weighted by atomic mass is 16.6. The van der Waals surface area contributed by atoms with Gasteiger partial charge in [-0.2, -0.15) is 0 Å². The number of benzene rings is 1. The molecule has 154 valence electrons. The van der Waals surface area contributed by atoms with Crippen LogP contribution in [0.5, 0.6) is 11.5 Å². The molecule has 0 saturated heterocycles.